The third kappa shape index (κ3) is 6.92. The molecule has 1 rings (SSSR count). The van der Waals surface area contributed by atoms with Crippen LogP contribution >= 0.6 is 0 Å². The molecule has 0 saturated heterocycles. The Kier molecular flexibility index (Phi) is 6.76. The van der Waals surface area contributed by atoms with Crippen LogP contribution in [0.25, 0.3) is 0 Å². The van der Waals surface area contributed by atoms with Crippen molar-refractivity contribution >= 4 is 11.9 Å². The second-order valence-electron chi connectivity index (χ2n) is 5.42. The maximum absolute atomic E-state index is 11.7. The lowest BCUT2D eigenvalue weighted by Gasteiger charge is -2.17. The van der Waals surface area contributed by atoms with E-state index in [9.17, 15) is 9.59 Å². The molecule has 2 N–H and O–H groups in total. The molecular weight excluding hydrogens is 258 g/mol. The van der Waals surface area contributed by atoms with Gasteiger partial charge in [0.1, 0.15) is 0 Å². The molecule has 1 amide bonds. The molecule has 1 unspecified atom stereocenters. The van der Waals surface area contributed by atoms with Crippen LogP contribution in [0.15, 0.2) is 18.5 Å². The van der Waals surface area contributed by atoms with Crippen molar-refractivity contribution in [3.63, 3.8) is 0 Å². The number of carbonyl (C=O) groups is 2. The third-order valence-corrected chi connectivity index (χ3v) is 2.98. The van der Waals surface area contributed by atoms with Gasteiger partial charge in [-0.05, 0) is 24.3 Å². The molecule has 112 valence electrons. The number of rotatable bonds is 9. The van der Waals surface area contributed by atoms with Gasteiger partial charge < -0.3 is 10.4 Å². The van der Waals surface area contributed by atoms with Gasteiger partial charge >= 0.3 is 5.97 Å². The summed E-state index contributed by atoms with van der Waals surface area (Å²) in [6, 6.07) is 1.81. The van der Waals surface area contributed by atoms with E-state index in [2.05, 4.69) is 10.4 Å². The molecule has 6 heteroatoms. The first-order valence-electron chi connectivity index (χ1n) is 6.93. The van der Waals surface area contributed by atoms with Crippen LogP contribution in [0, 0.1) is 11.8 Å². The van der Waals surface area contributed by atoms with Crippen molar-refractivity contribution in [2.75, 3.05) is 6.54 Å². The van der Waals surface area contributed by atoms with Gasteiger partial charge in [0.2, 0.25) is 5.91 Å². The van der Waals surface area contributed by atoms with Gasteiger partial charge in [-0.2, -0.15) is 5.10 Å². The minimum atomic E-state index is -0.818. The van der Waals surface area contributed by atoms with Crippen molar-refractivity contribution < 1.29 is 14.7 Å². The molecule has 0 radical (unpaired) electrons. The zero-order valence-corrected chi connectivity index (χ0v) is 12.1. The molecule has 0 saturated carbocycles. The highest BCUT2D eigenvalue weighted by Crippen LogP contribution is 2.14. The topological polar surface area (TPSA) is 84.2 Å². The van der Waals surface area contributed by atoms with Crippen molar-refractivity contribution in [2.24, 2.45) is 11.8 Å². The number of hydrogen-bond donors (Lipinski definition) is 2. The first kappa shape index (κ1) is 16.2. The third-order valence-electron chi connectivity index (χ3n) is 2.98. The Morgan fingerprint density at radius 3 is 2.70 bits per heavy atom. The number of carbonyl (C=O) groups excluding carboxylic acids is 1. The molecule has 1 heterocycles. The summed E-state index contributed by atoms with van der Waals surface area (Å²) in [5.41, 5.74) is 0. The quantitative estimate of drug-likeness (QED) is 0.719. The first-order chi connectivity index (χ1) is 9.47. The van der Waals surface area contributed by atoms with E-state index in [4.69, 9.17) is 5.11 Å². The summed E-state index contributed by atoms with van der Waals surface area (Å²) in [5, 5.41) is 15.7. The number of carboxylic acid groups (broad SMARTS) is 1. The molecule has 0 spiro atoms. The van der Waals surface area contributed by atoms with Crippen molar-refractivity contribution in [2.45, 2.75) is 39.7 Å². The van der Waals surface area contributed by atoms with Gasteiger partial charge in [0.05, 0.1) is 0 Å². The average molecular weight is 281 g/mol. The van der Waals surface area contributed by atoms with Crippen molar-refractivity contribution in [1.82, 2.24) is 15.1 Å². The molecule has 0 aliphatic rings. The van der Waals surface area contributed by atoms with Gasteiger partial charge in [-0.3, -0.25) is 14.3 Å². The van der Waals surface area contributed by atoms with Crippen LogP contribution < -0.4 is 5.32 Å². The Hall–Kier alpha value is -1.85. The van der Waals surface area contributed by atoms with Gasteiger partial charge in [0.15, 0.2) is 0 Å². The molecule has 0 aromatic carbocycles. The molecule has 1 aromatic heterocycles. The minimum absolute atomic E-state index is 0.0128. The van der Waals surface area contributed by atoms with Gasteiger partial charge in [0, 0.05) is 38.3 Å². The maximum atomic E-state index is 11.7. The molecule has 0 aliphatic heterocycles. The highest BCUT2D eigenvalue weighted by molar-refractivity contribution is 5.75. The lowest BCUT2D eigenvalue weighted by Crippen LogP contribution is -2.31. The molecule has 20 heavy (non-hydrogen) atoms. The van der Waals surface area contributed by atoms with Crippen LogP contribution in [0.4, 0.5) is 0 Å². The summed E-state index contributed by atoms with van der Waals surface area (Å²) in [5.74, 6) is -0.484. The van der Waals surface area contributed by atoms with Crippen molar-refractivity contribution in [1.29, 1.82) is 0 Å². The highest BCUT2D eigenvalue weighted by atomic mass is 16.4. The molecule has 6 nitrogen and oxygen atoms in total. The van der Waals surface area contributed by atoms with Gasteiger partial charge in [-0.1, -0.05) is 13.8 Å². The summed E-state index contributed by atoms with van der Waals surface area (Å²) in [6.07, 6.45) is 4.72. The largest absolute Gasteiger partial charge is 0.481 e. The second-order valence-corrected chi connectivity index (χ2v) is 5.42. The van der Waals surface area contributed by atoms with Crippen LogP contribution in [-0.4, -0.2) is 33.3 Å². The van der Waals surface area contributed by atoms with E-state index in [0.29, 0.717) is 25.4 Å². The Labute approximate surface area is 119 Å². The normalized spacial score (nSPS) is 12.3. The van der Waals surface area contributed by atoms with E-state index in [0.717, 1.165) is 6.42 Å². The number of aromatic nitrogens is 2. The Bertz CT molecular complexity index is 415. The second kappa shape index (κ2) is 8.35. The number of aliphatic carboxylic acids is 1. The summed E-state index contributed by atoms with van der Waals surface area (Å²) in [6.45, 7) is 5.05. The molecular formula is C14H23N3O3. The van der Waals surface area contributed by atoms with E-state index < -0.39 is 5.97 Å². The summed E-state index contributed by atoms with van der Waals surface area (Å²) >= 11 is 0. The zero-order chi connectivity index (χ0) is 15.0. The standard InChI is InChI=1S/C14H23N3O3/c1-11(2)8-12(9-14(19)20)10-15-13(18)4-7-17-6-3-5-16-17/h3,5-6,11-12H,4,7-10H2,1-2H3,(H,15,18)(H,19,20). The molecule has 1 aromatic rings. The fourth-order valence-electron chi connectivity index (χ4n) is 2.15. The fourth-order valence-corrected chi connectivity index (χ4v) is 2.15. The Morgan fingerprint density at radius 2 is 2.15 bits per heavy atom. The number of aryl methyl sites for hydroxylation is 1. The molecule has 0 bridgehead atoms. The average Bonchev–Trinajstić information content (AvgIpc) is 2.85. The molecule has 0 aliphatic carbocycles. The first-order valence-corrected chi connectivity index (χ1v) is 6.93. The van der Waals surface area contributed by atoms with E-state index in [1.54, 1.807) is 17.1 Å². The van der Waals surface area contributed by atoms with Crippen LogP contribution in [0.2, 0.25) is 0 Å². The van der Waals surface area contributed by atoms with Crippen LogP contribution in [0.3, 0.4) is 0 Å². The van der Waals surface area contributed by atoms with Crippen molar-refractivity contribution in [3.05, 3.63) is 18.5 Å². The smallest absolute Gasteiger partial charge is 0.303 e. The van der Waals surface area contributed by atoms with E-state index in [1.807, 2.05) is 19.9 Å². The predicted octanol–water partition coefficient (Wildman–Crippen LogP) is 1.53. The predicted molar refractivity (Wildman–Crippen MR) is 75.1 cm³/mol. The molecule has 1 atom stereocenters. The Balaban J connectivity index is 2.30. The van der Waals surface area contributed by atoms with E-state index >= 15 is 0 Å². The SMILES string of the molecule is CC(C)CC(CNC(=O)CCn1cccn1)CC(=O)O. The molecule has 0 fully saturated rings. The fraction of sp³-hybridized carbons (Fsp3) is 0.643. The zero-order valence-electron chi connectivity index (χ0n) is 12.1. The summed E-state index contributed by atoms with van der Waals surface area (Å²) in [4.78, 5) is 22.5. The lowest BCUT2D eigenvalue weighted by molar-refractivity contribution is -0.138. The number of hydrogen-bond acceptors (Lipinski definition) is 3. The lowest BCUT2D eigenvalue weighted by atomic mass is 9.94. The summed E-state index contributed by atoms with van der Waals surface area (Å²) in [7, 11) is 0. The van der Waals surface area contributed by atoms with Gasteiger partial charge in [-0.25, -0.2) is 0 Å². The number of carboxylic acids is 1. The van der Waals surface area contributed by atoms with Crippen molar-refractivity contribution in [3.8, 4) is 0 Å². The highest BCUT2D eigenvalue weighted by Gasteiger charge is 2.16. The monoisotopic (exact) mass is 281 g/mol. The number of nitrogens with one attached hydrogen (secondary N) is 1. The number of nitrogens with zero attached hydrogens (tertiary/aromatic N) is 2. The minimum Gasteiger partial charge on any atom is -0.481 e. The van der Waals surface area contributed by atoms with Crippen LogP contribution in [0.5, 0.6) is 0 Å². The van der Waals surface area contributed by atoms with E-state index in [-0.39, 0.29) is 18.2 Å². The summed E-state index contributed by atoms with van der Waals surface area (Å²) < 4.78 is 1.70. The Morgan fingerprint density at radius 1 is 1.40 bits per heavy atom. The number of amides is 1. The van der Waals surface area contributed by atoms with Gasteiger partial charge in [-0.15, -0.1) is 0 Å². The van der Waals surface area contributed by atoms with Crippen LogP contribution in [0.1, 0.15) is 33.1 Å². The van der Waals surface area contributed by atoms with E-state index in [1.165, 1.54) is 0 Å². The maximum Gasteiger partial charge on any atom is 0.303 e. The van der Waals surface area contributed by atoms with Gasteiger partial charge in [0.25, 0.3) is 0 Å². The van der Waals surface area contributed by atoms with Crippen LogP contribution in [-0.2, 0) is 16.1 Å².